The van der Waals surface area contributed by atoms with Gasteiger partial charge < -0.3 is 0 Å². The molecular weight excluding hydrogens is 597 g/mol. The number of nitrogens with one attached hydrogen (secondary N) is 2. The van der Waals surface area contributed by atoms with Crippen molar-refractivity contribution in [2.45, 2.75) is 23.6 Å². The first kappa shape index (κ1) is 30.5. The number of rotatable bonds is 9. The van der Waals surface area contributed by atoms with Crippen molar-refractivity contribution in [2.75, 3.05) is 23.4 Å². The number of fused-ring (bicyclic) bond motifs is 1. The molecule has 0 spiro atoms. The van der Waals surface area contributed by atoms with Gasteiger partial charge in [0.25, 0.3) is 0 Å². The molecule has 5 aromatic rings. The van der Waals surface area contributed by atoms with E-state index in [0.29, 0.717) is 28.9 Å². The zero-order valence-electron chi connectivity index (χ0n) is 24.5. The summed E-state index contributed by atoms with van der Waals surface area (Å²) in [6.07, 6.45) is 2.33. The van der Waals surface area contributed by atoms with Crippen LogP contribution >= 0.6 is 0 Å². The standard InChI is InChI=1S/C32H30N6O4S2/c1-21(23-11-15-28(16-12-23)43(3,39)40)35-37-30-20-31(38-36-22(2)24-13-17-29(18-14-24)44(4,41)42)34-32(33-30)27-10-9-25-7-5-6-8-26(25)19-27/h5-20H,1-4H3,(H2,33,34,37,38). The zero-order valence-corrected chi connectivity index (χ0v) is 26.1. The Labute approximate surface area is 256 Å². The SMILES string of the molecule is CC(=NNc1cc(NN=C(C)c2ccc(S(C)(=O)=O)cc2)nc(-c2ccc3ccccc3c2)n1)c1ccc(S(C)(=O)=O)cc1. The first-order chi connectivity index (χ1) is 20.9. The van der Waals surface area contributed by atoms with Gasteiger partial charge in [-0.15, -0.1) is 0 Å². The van der Waals surface area contributed by atoms with Gasteiger partial charge in [0.15, 0.2) is 37.1 Å². The van der Waals surface area contributed by atoms with Gasteiger partial charge in [-0.1, -0.05) is 60.7 Å². The Morgan fingerprint density at radius 1 is 0.591 bits per heavy atom. The van der Waals surface area contributed by atoms with Gasteiger partial charge in [-0.25, -0.2) is 26.8 Å². The molecule has 0 unspecified atom stereocenters. The summed E-state index contributed by atoms with van der Waals surface area (Å²) < 4.78 is 47.2. The Balaban J connectivity index is 1.46. The van der Waals surface area contributed by atoms with E-state index < -0.39 is 19.7 Å². The number of hydrogen-bond donors (Lipinski definition) is 2. The molecular formula is C32H30N6O4S2. The van der Waals surface area contributed by atoms with Crippen molar-refractivity contribution in [3.8, 4) is 11.4 Å². The van der Waals surface area contributed by atoms with Crippen molar-refractivity contribution in [2.24, 2.45) is 10.2 Å². The molecule has 5 rings (SSSR count). The fourth-order valence-corrected chi connectivity index (χ4v) is 5.58. The van der Waals surface area contributed by atoms with Crippen LogP contribution < -0.4 is 10.9 Å². The summed E-state index contributed by atoms with van der Waals surface area (Å²) in [5.41, 5.74) is 9.51. The van der Waals surface area contributed by atoms with Crippen LogP contribution in [0.3, 0.4) is 0 Å². The molecule has 0 aliphatic heterocycles. The number of anilines is 2. The van der Waals surface area contributed by atoms with Gasteiger partial charge >= 0.3 is 0 Å². The third-order valence-corrected chi connectivity index (χ3v) is 9.07. The second-order valence-electron chi connectivity index (χ2n) is 10.2. The van der Waals surface area contributed by atoms with Gasteiger partial charge in [-0.3, -0.25) is 10.9 Å². The molecule has 12 heteroatoms. The summed E-state index contributed by atoms with van der Waals surface area (Å²) in [7, 11) is -6.60. The number of hydrogen-bond acceptors (Lipinski definition) is 10. The van der Waals surface area contributed by atoms with E-state index in [4.69, 9.17) is 0 Å². The van der Waals surface area contributed by atoms with Crippen molar-refractivity contribution in [3.05, 3.63) is 108 Å². The minimum Gasteiger partial charge on any atom is -0.261 e. The molecule has 0 atom stereocenters. The van der Waals surface area contributed by atoms with Crippen LogP contribution in [0.2, 0.25) is 0 Å². The lowest BCUT2D eigenvalue weighted by atomic mass is 10.1. The van der Waals surface area contributed by atoms with Gasteiger partial charge in [-0.05, 0) is 66.1 Å². The van der Waals surface area contributed by atoms with Crippen LogP contribution in [0, 0.1) is 0 Å². The minimum atomic E-state index is -3.30. The molecule has 4 aromatic carbocycles. The topological polar surface area (TPSA) is 143 Å². The lowest BCUT2D eigenvalue weighted by Gasteiger charge is -2.10. The number of sulfone groups is 2. The maximum absolute atomic E-state index is 11.8. The van der Waals surface area contributed by atoms with E-state index in [0.717, 1.165) is 27.5 Å². The van der Waals surface area contributed by atoms with Gasteiger partial charge in [0, 0.05) is 24.1 Å². The Bertz CT molecular complexity index is 2010. The Morgan fingerprint density at radius 3 is 1.50 bits per heavy atom. The van der Waals surface area contributed by atoms with Crippen LogP contribution in [0.1, 0.15) is 25.0 Å². The molecule has 1 aromatic heterocycles. The van der Waals surface area contributed by atoms with Crippen molar-refractivity contribution < 1.29 is 16.8 Å². The molecule has 0 fully saturated rings. The largest absolute Gasteiger partial charge is 0.261 e. The summed E-state index contributed by atoms with van der Waals surface area (Å²) in [4.78, 5) is 9.84. The summed E-state index contributed by atoms with van der Waals surface area (Å²) in [5, 5.41) is 11.1. The van der Waals surface area contributed by atoms with E-state index in [2.05, 4.69) is 31.0 Å². The van der Waals surface area contributed by atoms with E-state index in [9.17, 15) is 16.8 Å². The van der Waals surface area contributed by atoms with Crippen molar-refractivity contribution >= 4 is 53.5 Å². The van der Waals surface area contributed by atoms with E-state index in [1.165, 1.54) is 12.5 Å². The normalized spacial score (nSPS) is 12.7. The quantitative estimate of drug-likeness (QED) is 0.155. The van der Waals surface area contributed by atoms with Crippen molar-refractivity contribution in [1.82, 2.24) is 9.97 Å². The average Bonchev–Trinajstić information content (AvgIpc) is 3.01. The van der Waals surface area contributed by atoms with Gasteiger partial charge in [-0.2, -0.15) is 10.2 Å². The second kappa shape index (κ2) is 12.3. The Kier molecular flexibility index (Phi) is 8.56. The van der Waals surface area contributed by atoms with Crippen molar-refractivity contribution in [1.29, 1.82) is 0 Å². The highest BCUT2D eigenvalue weighted by Gasteiger charge is 2.11. The first-order valence-corrected chi connectivity index (χ1v) is 17.2. The van der Waals surface area contributed by atoms with Crippen LogP contribution in [0.4, 0.5) is 11.6 Å². The predicted molar refractivity (Wildman–Crippen MR) is 176 cm³/mol. The maximum Gasteiger partial charge on any atom is 0.175 e. The number of benzene rings is 4. The number of hydrazone groups is 2. The Hall–Kier alpha value is -4.94. The fourth-order valence-electron chi connectivity index (χ4n) is 4.32. The molecule has 0 aliphatic carbocycles. The Morgan fingerprint density at radius 2 is 1.05 bits per heavy atom. The van der Waals surface area contributed by atoms with Crippen LogP contribution in [-0.2, 0) is 19.7 Å². The molecule has 10 nitrogen and oxygen atoms in total. The van der Waals surface area contributed by atoms with Gasteiger partial charge in [0.05, 0.1) is 21.2 Å². The molecule has 0 bridgehead atoms. The van der Waals surface area contributed by atoms with Crippen LogP contribution in [0.15, 0.2) is 117 Å². The zero-order chi connectivity index (χ0) is 31.5. The molecule has 0 saturated heterocycles. The van der Waals surface area contributed by atoms with Crippen LogP contribution in [-0.4, -0.2) is 50.7 Å². The summed E-state index contributed by atoms with van der Waals surface area (Å²) in [6, 6.07) is 28.6. The molecule has 44 heavy (non-hydrogen) atoms. The molecule has 2 N–H and O–H groups in total. The van der Waals surface area contributed by atoms with Gasteiger partial charge in [0.2, 0.25) is 0 Å². The van der Waals surface area contributed by atoms with Gasteiger partial charge in [0.1, 0.15) is 0 Å². The molecule has 0 saturated carbocycles. The average molecular weight is 627 g/mol. The van der Waals surface area contributed by atoms with E-state index in [-0.39, 0.29) is 9.79 Å². The second-order valence-corrected chi connectivity index (χ2v) is 14.3. The van der Waals surface area contributed by atoms with Crippen molar-refractivity contribution in [3.63, 3.8) is 0 Å². The lowest BCUT2D eigenvalue weighted by Crippen LogP contribution is -2.06. The first-order valence-electron chi connectivity index (χ1n) is 13.5. The lowest BCUT2D eigenvalue weighted by molar-refractivity contribution is 0.600. The number of aromatic nitrogens is 2. The summed E-state index contributed by atoms with van der Waals surface area (Å²) in [5.74, 6) is 1.25. The van der Waals surface area contributed by atoms with Crippen LogP contribution in [0.25, 0.3) is 22.2 Å². The third-order valence-electron chi connectivity index (χ3n) is 6.81. The summed E-state index contributed by atoms with van der Waals surface area (Å²) >= 11 is 0. The summed E-state index contributed by atoms with van der Waals surface area (Å²) in [6.45, 7) is 3.60. The van der Waals surface area contributed by atoms with E-state index in [1.54, 1.807) is 68.4 Å². The van der Waals surface area contributed by atoms with E-state index >= 15 is 0 Å². The smallest absolute Gasteiger partial charge is 0.175 e. The molecule has 1 heterocycles. The highest BCUT2D eigenvalue weighted by atomic mass is 32.2. The number of nitrogens with zero attached hydrogens (tertiary/aromatic N) is 4. The van der Waals surface area contributed by atoms with Crippen LogP contribution in [0.5, 0.6) is 0 Å². The minimum absolute atomic E-state index is 0.232. The molecule has 224 valence electrons. The molecule has 0 radical (unpaired) electrons. The highest BCUT2D eigenvalue weighted by Crippen LogP contribution is 2.25. The maximum atomic E-state index is 11.8. The third kappa shape index (κ3) is 7.33. The highest BCUT2D eigenvalue weighted by molar-refractivity contribution is 7.91. The predicted octanol–water partition coefficient (Wildman–Crippen LogP) is 5.78. The monoisotopic (exact) mass is 626 g/mol. The van der Waals surface area contributed by atoms with E-state index in [1.807, 2.05) is 42.5 Å². The molecule has 0 aliphatic rings. The fraction of sp³-hybridized carbons (Fsp3) is 0.125. The molecule has 0 amide bonds.